The number of amides is 1. The molecule has 28 heavy (non-hydrogen) atoms. The standard InChI is InChI=1S/C21H29N3O3.ClH/c1-15-20(16(2)27-23-15)14-26-19-6-4-17(5-7-19)12-21(25)24-10-8-18(9-11-24)13-22-3;/h4-7,18,22H,8-14H2,1-3H3;1H. The molecule has 6 nitrogen and oxygen atoms in total. The van der Waals surface area contributed by atoms with Crippen molar-refractivity contribution in [3.8, 4) is 5.75 Å². The predicted molar refractivity (Wildman–Crippen MR) is 111 cm³/mol. The van der Waals surface area contributed by atoms with Gasteiger partial charge in [-0.2, -0.15) is 0 Å². The number of halogens is 1. The molecule has 0 spiro atoms. The Morgan fingerprint density at radius 1 is 1.25 bits per heavy atom. The fraction of sp³-hybridized carbons (Fsp3) is 0.524. The smallest absolute Gasteiger partial charge is 0.226 e. The van der Waals surface area contributed by atoms with E-state index in [4.69, 9.17) is 9.26 Å². The van der Waals surface area contributed by atoms with Crippen LogP contribution in [0.15, 0.2) is 28.8 Å². The van der Waals surface area contributed by atoms with Gasteiger partial charge in [0.2, 0.25) is 5.91 Å². The molecule has 7 heteroatoms. The highest BCUT2D eigenvalue weighted by Crippen LogP contribution is 2.20. The molecule has 1 fully saturated rings. The SMILES string of the molecule is CNCC1CCN(C(=O)Cc2ccc(OCc3c(C)noc3C)cc2)CC1.Cl. The maximum atomic E-state index is 12.5. The maximum absolute atomic E-state index is 12.5. The predicted octanol–water partition coefficient (Wildman–Crippen LogP) is 3.29. The van der Waals surface area contributed by atoms with E-state index in [9.17, 15) is 4.79 Å². The number of ether oxygens (including phenoxy) is 1. The molecular weight excluding hydrogens is 378 g/mol. The lowest BCUT2D eigenvalue weighted by molar-refractivity contribution is -0.131. The van der Waals surface area contributed by atoms with Crippen LogP contribution in [0.1, 0.15) is 35.4 Å². The molecule has 1 aliphatic heterocycles. The molecule has 1 amide bonds. The number of rotatable bonds is 7. The van der Waals surface area contributed by atoms with E-state index in [2.05, 4.69) is 10.5 Å². The van der Waals surface area contributed by atoms with Gasteiger partial charge >= 0.3 is 0 Å². The van der Waals surface area contributed by atoms with E-state index in [1.54, 1.807) is 0 Å². The van der Waals surface area contributed by atoms with Crippen LogP contribution in [0.3, 0.4) is 0 Å². The van der Waals surface area contributed by atoms with Crippen LogP contribution in [-0.2, 0) is 17.8 Å². The maximum Gasteiger partial charge on any atom is 0.226 e. The Hall–Kier alpha value is -2.05. The molecule has 3 rings (SSSR count). The summed E-state index contributed by atoms with van der Waals surface area (Å²) in [5.41, 5.74) is 2.85. The Bertz CT molecular complexity index is 733. The first kappa shape index (κ1) is 22.2. The molecule has 1 aromatic carbocycles. The molecular formula is C21H30ClN3O3. The highest BCUT2D eigenvalue weighted by Gasteiger charge is 2.22. The van der Waals surface area contributed by atoms with Crippen LogP contribution in [0.25, 0.3) is 0 Å². The fourth-order valence-corrected chi connectivity index (χ4v) is 3.53. The molecule has 1 aliphatic rings. The van der Waals surface area contributed by atoms with Gasteiger partial charge in [-0.3, -0.25) is 4.79 Å². The number of aromatic nitrogens is 1. The number of carbonyl (C=O) groups excluding carboxylic acids is 1. The van der Waals surface area contributed by atoms with Crippen molar-refractivity contribution in [1.82, 2.24) is 15.4 Å². The number of benzene rings is 1. The summed E-state index contributed by atoms with van der Waals surface area (Å²) >= 11 is 0. The fourth-order valence-electron chi connectivity index (χ4n) is 3.53. The summed E-state index contributed by atoms with van der Waals surface area (Å²) in [6.45, 7) is 6.99. The molecule has 0 unspecified atom stereocenters. The number of likely N-dealkylation sites (tertiary alicyclic amines) is 1. The van der Waals surface area contributed by atoms with Gasteiger partial charge in [0.1, 0.15) is 18.1 Å². The summed E-state index contributed by atoms with van der Waals surface area (Å²) < 4.78 is 11.0. The Kier molecular flexibility index (Phi) is 8.33. The normalized spacial score (nSPS) is 14.6. The van der Waals surface area contributed by atoms with Crippen LogP contribution in [0, 0.1) is 19.8 Å². The van der Waals surface area contributed by atoms with Crippen molar-refractivity contribution in [2.24, 2.45) is 5.92 Å². The minimum Gasteiger partial charge on any atom is -0.489 e. The summed E-state index contributed by atoms with van der Waals surface area (Å²) in [4.78, 5) is 14.5. The molecule has 0 aliphatic carbocycles. The number of carbonyl (C=O) groups is 1. The Balaban J connectivity index is 0.00000280. The Morgan fingerprint density at radius 3 is 2.50 bits per heavy atom. The molecule has 154 valence electrons. The minimum atomic E-state index is 0. The van der Waals surface area contributed by atoms with Crippen molar-refractivity contribution in [3.05, 3.63) is 46.8 Å². The lowest BCUT2D eigenvalue weighted by Gasteiger charge is -2.32. The van der Waals surface area contributed by atoms with E-state index in [1.807, 2.05) is 50.1 Å². The van der Waals surface area contributed by atoms with Gasteiger partial charge in [-0.05, 0) is 63.9 Å². The van der Waals surface area contributed by atoms with Gasteiger partial charge in [0.15, 0.2) is 0 Å². The average molecular weight is 408 g/mol. The Morgan fingerprint density at radius 2 is 1.93 bits per heavy atom. The van der Waals surface area contributed by atoms with Crippen LogP contribution in [0.5, 0.6) is 5.75 Å². The van der Waals surface area contributed by atoms with Gasteiger partial charge in [0, 0.05) is 13.1 Å². The van der Waals surface area contributed by atoms with Crippen LogP contribution < -0.4 is 10.1 Å². The van der Waals surface area contributed by atoms with Crippen molar-refractivity contribution >= 4 is 18.3 Å². The lowest BCUT2D eigenvalue weighted by Crippen LogP contribution is -2.41. The molecule has 0 bridgehead atoms. The molecule has 1 N–H and O–H groups in total. The summed E-state index contributed by atoms with van der Waals surface area (Å²) in [5.74, 6) is 2.46. The van der Waals surface area contributed by atoms with E-state index in [0.717, 1.165) is 60.8 Å². The van der Waals surface area contributed by atoms with Crippen LogP contribution in [0.4, 0.5) is 0 Å². The number of aryl methyl sites for hydroxylation is 2. The van der Waals surface area contributed by atoms with E-state index in [0.29, 0.717) is 18.9 Å². The van der Waals surface area contributed by atoms with Gasteiger partial charge in [-0.1, -0.05) is 17.3 Å². The molecule has 2 aromatic rings. The van der Waals surface area contributed by atoms with Crippen LogP contribution in [-0.4, -0.2) is 42.6 Å². The third kappa shape index (κ3) is 5.72. The van der Waals surface area contributed by atoms with E-state index >= 15 is 0 Å². The average Bonchev–Trinajstić information content (AvgIpc) is 3.00. The molecule has 1 saturated heterocycles. The summed E-state index contributed by atoms with van der Waals surface area (Å²) in [7, 11) is 1.99. The summed E-state index contributed by atoms with van der Waals surface area (Å²) in [5, 5.41) is 7.16. The van der Waals surface area contributed by atoms with Gasteiger partial charge < -0.3 is 19.5 Å². The molecule has 2 heterocycles. The highest BCUT2D eigenvalue weighted by molar-refractivity contribution is 5.85. The molecule has 1 aromatic heterocycles. The van der Waals surface area contributed by atoms with Crippen molar-refractivity contribution in [2.75, 3.05) is 26.7 Å². The Labute approximate surface area is 173 Å². The molecule has 0 radical (unpaired) electrons. The largest absolute Gasteiger partial charge is 0.489 e. The van der Waals surface area contributed by atoms with E-state index in [-0.39, 0.29) is 18.3 Å². The van der Waals surface area contributed by atoms with E-state index < -0.39 is 0 Å². The zero-order chi connectivity index (χ0) is 19.2. The number of hydrogen-bond donors (Lipinski definition) is 1. The van der Waals surface area contributed by atoms with Gasteiger partial charge in [0.25, 0.3) is 0 Å². The number of hydrogen-bond acceptors (Lipinski definition) is 5. The number of piperidine rings is 1. The zero-order valence-corrected chi connectivity index (χ0v) is 17.7. The third-order valence-electron chi connectivity index (χ3n) is 5.30. The second kappa shape index (κ2) is 10.5. The second-order valence-electron chi connectivity index (χ2n) is 7.29. The first-order valence-electron chi connectivity index (χ1n) is 9.62. The summed E-state index contributed by atoms with van der Waals surface area (Å²) in [6.07, 6.45) is 2.61. The minimum absolute atomic E-state index is 0. The molecule has 0 saturated carbocycles. The number of nitrogens with one attached hydrogen (secondary N) is 1. The second-order valence-corrected chi connectivity index (χ2v) is 7.29. The lowest BCUT2D eigenvalue weighted by atomic mass is 9.96. The first-order valence-corrected chi connectivity index (χ1v) is 9.62. The van der Waals surface area contributed by atoms with E-state index in [1.165, 1.54) is 0 Å². The van der Waals surface area contributed by atoms with Gasteiger partial charge in [-0.15, -0.1) is 12.4 Å². The summed E-state index contributed by atoms with van der Waals surface area (Å²) in [6, 6.07) is 7.77. The quantitative estimate of drug-likeness (QED) is 0.762. The van der Waals surface area contributed by atoms with Crippen LogP contribution in [0.2, 0.25) is 0 Å². The first-order chi connectivity index (χ1) is 13.1. The topological polar surface area (TPSA) is 67.6 Å². The van der Waals surface area contributed by atoms with Crippen LogP contribution >= 0.6 is 12.4 Å². The van der Waals surface area contributed by atoms with Crippen molar-refractivity contribution < 1.29 is 14.1 Å². The van der Waals surface area contributed by atoms with Gasteiger partial charge in [-0.25, -0.2) is 0 Å². The zero-order valence-electron chi connectivity index (χ0n) is 16.9. The third-order valence-corrected chi connectivity index (χ3v) is 5.30. The van der Waals surface area contributed by atoms with Gasteiger partial charge in [0.05, 0.1) is 17.7 Å². The monoisotopic (exact) mass is 407 g/mol. The van der Waals surface area contributed by atoms with Crippen molar-refractivity contribution in [2.45, 2.75) is 39.7 Å². The van der Waals surface area contributed by atoms with Crippen molar-refractivity contribution in [3.63, 3.8) is 0 Å². The number of nitrogens with zero attached hydrogens (tertiary/aromatic N) is 2. The molecule has 0 atom stereocenters. The van der Waals surface area contributed by atoms with Crippen molar-refractivity contribution in [1.29, 1.82) is 0 Å². The highest BCUT2D eigenvalue weighted by atomic mass is 35.5.